The number of rotatable bonds is 5. The maximum atomic E-state index is 2.32. The highest BCUT2D eigenvalue weighted by molar-refractivity contribution is 6.22. The number of hydrogen-bond donors (Lipinski definition) is 0. The van der Waals surface area contributed by atoms with Gasteiger partial charge in [-0.2, -0.15) is 0 Å². The largest absolute Gasteiger partial charge is 0.0622 e. The van der Waals surface area contributed by atoms with E-state index in [0.29, 0.717) is 0 Å². The zero-order chi connectivity index (χ0) is 31.9. The molecule has 0 amide bonds. The van der Waals surface area contributed by atoms with Gasteiger partial charge in [-0.3, -0.25) is 0 Å². The van der Waals surface area contributed by atoms with Crippen LogP contribution in [0.15, 0.2) is 194 Å². The highest BCUT2D eigenvalue weighted by Gasteiger charge is 2.19. The van der Waals surface area contributed by atoms with Crippen LogP contribution >= 0.6 is 0 Å². The van der Waals surface area contributed by atoms with Crippen molar-refractivity contribution >= 4 is 32.3 Å². The Bertz CT molecular complexity index is 2520. The number of fused-ring (bicyclic) bond motifs is 3. The van der Waals surface area contributed by atoms with Crippen molar-refractivity contribution in [2.75, 3.05) is 0 Å². The molecule has 0 heteroatoms. The molecule has 0 nitrogen and oxygen atoms in total. The van der Waals surface area contributed by atoms with Gasteiger partial charge in [0.25, 0.3) is 0 Å². The maximum Gasteiger partial charge on any atom is -0.00201 e. The summed E-state index contributed by atoms with van der Waals surface area (Å²) in [6.45, 7) is 0. The first-order valence-electron chi connectivity index (χ1n) is 16.6. The zero-order valence-corrected chi connectivity index (χ0v) is 26.5. The zero-order valence-electron chi connectivity index (χ0n) is 26.5. The van der Waals surface area contributed by atoms with Gasteiger partial charge < -0.3 is 0 Å². The molecule has 9 aromatic carbocycles. The Hall–Kier alpha value is -6.24. The van der Waals surface area contributed by atoms with Crippen molar-refractivity contribution in [3.8, 4) is 55.6 Å². The van der Waals surface area contributed by atoms with E-state index in [4.69, 9.17) is 0 Å². The Labute approximate surface area is 281 Å². The molecular formula is C48H32. The Morgan fingerprint density at radius 1 is 0.208 bits per heavy atom. The first kappa shape index (κ1) is 28.0. The molecule has 0 aliphatic rings. The van der Waals surface area contributed by atoms with Crippen LogP contribution in [0.25, 0.3) is 88.0 Å². The van der Waals surface area contributed by atoms with Crippen molar-refractivity contribution in [3.63, 3.8) is 0 Å². The van der Waals surface area contributed by atoms with Gasteiger partial charge in [-0.15, -0.1) is 0 Å². The second kappa shape index (κ2) is 11.8. The summed E-state index contributed by atoms with van der Waals surface area (Å²) >= 11 is 0. The average Bonchev–Trinajstić information content (AvgIpc) is 3.17. The second-order valence-electron chi connectivity index (χ2n) is 12.5. The fourth-order valence-electron chi connectivity index (χ4n) is 7.35. The van der Waals surface area contributed by atoms with Crippen molar-refractivity contribution in [2.24, 2.45) is 0 Å². The minimum atomic E-state index is 1.22. The van der Waals surface area contributed by atoms with Crippen molar-refractivity contribution in [1.29, 1.82) is 0 Å². The summed E-state index contributed by atoms with van der Waals surface area (Å²) in [4.78, 5) is 0. The van der Waals surface area contributed by atoms with Crippen LogP contribution in [0.2, 0.25) is 0 Å². The van der Waals surface area contributed by atoms with E-state index in [9.17, 15) is 0 Å². The van der Waals surface area contributed by atoms with Gasteiger partial charge in [0.15, 0.2) is 0 Å². The molecule has 0 saturated heterocycles. The molecular weight excluding hydrogens is 577 g/mol. The Balaban J connectivity index is 1.19. The fourth-order valence-corrected chi connectivity index (χ4v) is 7.35. The van der Waals surface area contributed by atoms with Crippen molar-refractivity contribution in [1.82, 2.24) is 0 Å². The van der Waals surface area contributed by atoms with Crippen molar-refractivity contribution < 1.29 is 0 Å². The summed E-state index contributed by atoms with van der Waals surface area (Å²) in [6.07, 6.45) is 0. The molecule has 48 heavy (non-hydrogen) atoms. The van der Waals surface area contributed by atoms with E-state index in [1.54, 1.807) is 0 Å². The van der Waals surface area contributed by atoms with E-state index in [0.717, 1.165) is 0 Å². The monoisotopic (exact) mass is 608 g/mol. The van der Waals surface area contributed by atoms with Crippen LogP contribution in [0.3, 0.4) is 0 Å². The third-order valence-electron chi connectivity index (χ3n) is 9.69. The second-order valence-corrected chi connectivity index (χ2v) is 12.5. The van der Waals surface area contributed by atoms with E-state index >= 15 is 0 Å². The van der Waals surface area contributed by atoms with Gasteiger partial charge in [0, 0.05) is 0 Å². The molecule has 0 aromatic heterocycles. The molecule has 0 N–H and O–H groups in total. The van der Waals surface area contributed by atoms with Crippen LogP contribution in [0, 0.1) is 0 Å². The van der Waals surface area contributed by atoms with Crippen LogP contribution in [-0.4, -0.2) is 0 Å². The van der Waals surface area contributed by atoms with Crippen LogP contribution in [0.5, 0.6) is 0 Å². The summed E-state index contributed by atoms with van der Waals surface area (Å²) in [5.74, 6) is 0. The molecule has 9 aromatic rings. The molecule has 224 valence electrons. The van der Waals surface area contributed by atoms with Gasteiger partial charge in [-0.25, -0.2) is 0 Å². The Morgan fingerprint density at radius 3 is 1.19 bits per heavy atom. The molecule has 0 saturated carbocycles. The van der Waals surface area contributed by atoms with Gasteiger partial charge in [-0.1, -0.05) is 188 Å². The lowest BCUT2D eigenvalue weighted by atomic mass is 9.83. The topological polar surface area (TPSA) is 0 Å². The quantitative estimate of drug-likeness (QED) is 0.171. The van der Waals surface area contributed by atoms with Gasteiger partial charge in [0.05, 0.1) is 0 Å². The van der Waals surface area contributed by atoms with Crippen LogP contribution < -0.4 is 0 Å². The highest BCUT2D eigenvalue weighted by Crippen LogP contribution is 2.46. The molecule has 9 rings (SSSR count). The van der Waals surface area contributed by atoms with E-state index < -0.39 is 0 Å². The van der Waals surface area contributed by atoms with Gasteiger partial charge >= 0.3 is 0 Å². The first-order valence-corrected chi connectivity index (χ1v) is 16.6. The summed E-state index contributed by atoms with van der Waals surface area (Å²) in [7, 11) is 0. The molecule has 0 atom stereocenters. The van der Waals surface area contributed by atoms with Gasteiger partial charge in [0.1, 0.15) is 0 Å². The van der Waals surface area contributed by atoms with E-state index in [-0.39, 0.29) is 0 Å². The summed E-state index contributed by atoms with van der Waals surface area (Å²) in [6, 6.07) is 70.7. The van der Waals surface area contributed by atoms with Crippen molar-refractivity contribution in [3.05, 3.63) is 194 Å². The lowest BCUT2D eigenvalue weighted by molar-refractivity contribution is 1.58. The average molecular weight is 609 g/mol. The highest BCUT2D eigenvalue weighted by atomic mass is 14.2. The smallest absolute Gasteiger partial charge is 0.00201 e. The summed E-state index contributed by atoms with van der Waals surface area (Å²) in [5.41, 5.74) is 12.4. The van der Waals surface area contributed by atoms with E-state index in [1.807, 2.05) is 0 Å². The molecule has 0 aliphatic heterocycles. The lowest BCUT2D eigenvalue weighted by Crippen LogP contribution is -1.93. The van der Waals surface area contributed by atoms with Gasteiger partial charge in [0.2, 0.25) is 0 Å². The van der Waals surface area contributed by atoms with Crippen molar-refractivity contribution in [2.45, 2.75) is 0 Å². The predicted octanol–water partition coefficient (Wildman–Crippen LogP) is 13.5. The SMILES string of the molecule is c1ccc(-c2ccc(-c3ccc(-c4c5ccccc5c(-c5ccccc5-c5ccc6ccccc6c5)c5ccccc45)cc3)cc2)cc1. The third-order valence-corrected chi connectivity index (χ3v) is 9.69. The Morgan fingerprint density at radius 2 is 0.604 bits per heavy atom. The Kier molecular flexibility index (Phi) is 6.91. The van der Waals surface area contributed by atoms with E-state index in [2.05, 4.69) is 194 Å². The van der Waals surface area contributed by atoms with Gasteiger partial charge in [-0.05, 0) is 94.0 Å². The molecule has 0 heterocycles. The summed E-state index contributed by atoms with van der Waals surface area (Å²) in [5, 5.41) is 7.57. The minimum absolute atomic E-state index is 1.22. The van der Waals surface area contributed by atoms with E-state index in [1.165, 1.54) is 88.0 Å². The lowest BCUT2D eigenvalue weighted by Gasteiger charge is -2.20. The predicted molar refractivity (Wildman–Crippen MR) is 206 cm³/mol. The molecule has 0 unspecified atom stereocenters. The van der Waals surface area contributed by atoms with Crippen LogP contribution in [0.1, 0.15) is 0 Å². The minimum Gasteiger partial charge on any atom is -0.0622 e. The van der Waals surface area contributed by atoms with Crippen LogP contribution in [0.4, 0.5) is 0 Å². The molecule has 0 spiro atoms. The number of hydrogen-bond acceptors (Lipinski definition) is 0. The molecule has 0 fully saturated rings. The third kappa shape index (κ3) is 4.87. The first-order chi connectivity index (χ1) is 23.8. The fraction of sp³-hybridized carbons (Fsp3) is 0. The molecule has 0 bridgehead atoms. The summed E-state index contributed by atoms with van der Waals surface area (Å²) < 4.78 is 0. The molecule has 0 radical (unpaired) electrons. The number of benzene rings is 9. The maximum absolute atomic E-state index is 2.32. The molecule has 0 aliphatic carbocycles. The standard InChI is InChI=1S/C48H32/c1-2-12-33(13-3-1)35-22-24-36(25-23-35)37-26-29-38(30-27-37)47-43-18-8-10-20-45(43)48(46-21-11-9-19-44(46)47)42-17-7-6-16-41(42)40-31-28-34-14-4-5-15-39(34)32-40/h1-32H. The van der Waals surface area contributed by atoms with Crippen LogP contribution in [-0.2, 0) is 0 Å². The normalized spacial score (nSPS) is 11.3.